The summed E-state index contributed by atoms with van der Waals surface area (Å²) >= 11 is 0. The lowest BCUT2D eigenvalue weighted by atomic mass is 10.1. The molecule has 0 unspecified atom stereocenters. The zero-order valence-electron chi connectivity index (χ0n) is 19.3. The second-order valence-corrected chi connectivity index (χ2v) is 8.46. The highest BCUT2D eigenvalue weighted by Gasteiger charge is 2.42. The highest BCUT2D eigenvalue weighted by Crippen LogP contribution is 2.30. The van der Waals surface area contributed by atoms with Crippen LogP contribution in [0.5, 0.6) is 11.5 Å². The SMILES string of the molecule is COc1ccc(C(=O)NCCNC(=O)c2ccc3c(c2)C(=O)N(C(C)(C)C)C3=O)cc1OC. The van der Waals surface area contributed by atoms with E-state index in [1.165, 1.54) is 37.3 Å². The van der Waals surface area contributed by atoms with E-state index in [1.54, 1.807) is 39.0 Å². The minimum atomic E-state index is -0.665. The molecule has 3 rings (SSSR count). The van der Waals surface area contributed by atoms with Crippen LogP contribution in [0.4, 0.5) is 0 Å². The summed E-state index contributed by atoms with van der Waals surface area (Å²) < 4.78 is 10.3. The van der Waals surface area contributed by atoms with Crippen LogP contribution < -0.4 is 20.1 Å². The number of rotatable bonds is 7. The van der Waals surface area contributed by atoms with Crippen molar-refractivity contribution in [3.63, 3.8) is 0 Å². The predicted octanol–water partition coefficient (Wildman–Crippen LogP) is 2.26. The van der Waals surface area contributed by atoms with E-state index in [2.05, 4.69) is 10.6 Å². The van der Waals surface area contributed by atoms with Gasteiger partial charge in [0.1, 0.15) is 0 Å². The van der Waals surface area contributed by atoms with Crippen LogP contribution in [0, 0.1) is 0 Å². The van der Waals surface area contributed by atoms with Crippen LogP contribution >= 0.6 is 0 Å². The van der Waals surface area contributed by atoms with Gasteiger partial charge in [0.2, 0.25) is 0 Å². The van der Waals surface area contributed by atoms with Crippen LogP contribution in [0.1, 0.15) is 62.2 Å². The quantitative estimate of drug-likeness (QED) is 0.491. The van der Waals surface area contributed by atoms with Crippen molar-refractivity contribution in [1.82, 2.24) is 15.5 Å². The van der Waals surface area contributed by atoms with Gasteiger partial charge in [-0.25, -0.2) is 0 Å². The number of nitrogens with one attached hydrogen (secondary N) is 2. The Morgan fingerprint density at radius 1 is 0.788 bits per heavy atom. The van der Waals surface area contributed by atoms with Crippen molar-refractivity contribution in [2.45, 2.75) is 26.3 Å². The van der Waals surface area contributed by atoms with Gasteiger partial charge in [-0.05, 0) is 57.2 Å². The molecule has 0 fully saturated rings. The van der Waals surface area contributed by atoms with Gasteiger partial charge in [-0.1, -0.05) is 0 Å². The summed E-state index contributed by atoms with van der Waals surface area (Å²) in [6.45, 7) is 5.70. The van der Waals surface area contributed by atoms with Crippen molar-refractivity contribution in [2.24, 2.45) is 0 Å². The third-order valence-electron chi connectivity index (χ3n) is 5.16. The monoisotopic (exact) mass is 453 g/mol. The van der Waals surface area contributed by atoms with Crippen LogP contribution in [0.3, 0.4) is 0 Å². The van der Waals surface area contributed by atoms with Gasteiger partial charge in [0.25, 0.3) is 23.6 Å². The van der Waals surface area contributed by atoms with Crippen LogP contribution in [0.25, 0.3) is 0 Å². The molecule has 2 aromatic carbocycles. The Morgan fingerprint density at radius 3 is 1.85 bits per heavy atom. The zero-order chi connectivity index (χ0) is 24.3. The number of amides is 4. The minimum absolute atomic E-state index is 0.177. The lowest BCUT2D eigenvalue weighted by molar-refractivity contribution is 0.0507. The number of methoxy groups -OCH3 is 2. The van der Waals surface area contributed by atoms with Crippen LogP contribution in [0.15, 0.2) is 36.4 Å². The second kappa shape index (κ2) is 9.32. The number of hydrogen-bond acceptors (Lipinski definition) is 6. The van der Waals surface area contributed by atoms with E-state index < -0.39 is 17.4 Å². The molecule has 4 amide bonds. The van der Waals surface area contributed by atoms with Crippen molar-refractivity contribution < 1.29 is 28.7 Å². The summed E-state index contributed by atoms with van der Waals surface area (Å²) in [7, 11) is 2.99. The topological polar surface area (TPSA) is 114 Å². The maximum absolute atomic E-state index is 12.7. The van der Waals surface area contributed by atoms with Gasteiger partial charge in [0.05, 0.1) is 25.3 Å². The fourth-order valence-corrected chi connectivity index (χ4v) is 3.52. The molecule has 0 aliphatic carbocycles. The number of benzene rings is 2. The molecule has 2 N–H and O–H groups in total. The Balaban J connectivity index is 1.57. The summed E-state index contributed by atoms with van der Waals surface area (Å²) in [5.74, 6) is -0.567. The van der Waals surface area contributed by atoms with E-state index >= 15 is 0 Å². The fraction of sp³-hybridized carbons (Fsp3) is 0.333. The number of carbonyl (C=O) groups excluding carboxylic acids is 4. The molecule has 0 radical (unpaired) electrons. The average molecular weight is 453 g/mol. The first kappa shape index (κ1) is 23.8. The molecule has 1 aliphatic heterocycles. The van der Waals surface area contributed by atoms with Gasteiger partial charge in [0, 0.05) is 29.8 Å². The minimum Gasteiger partial charge on any atom is -0.493 e. The van der Waals surface area contributed by atoms with E-state index in [4.69, 9.17) is 9.47 Å². The number of nitrogens with zero attached hydrogens (tertiary/aromatic N) is 1. The van der Waals surface area contributed by atoms with E-state index in [9.17, 15) is 19.2 Å². The van der Waals surface area contributed by atoms with E-state index in [-0.39, 0.29) is 41.6 Å². The molecular formula is C24H27N3O6. The van der Waals surface area contributed by atoms with Crippen molar-refractivity contribution in [2.75, 3.05) is 27.3 Å². The first-order valence-corrected chi connectivity index (χ1v) is 10.4. The van der Waals surface area contributed by atoms with Gasteiger partial charge in [-0.3, -0.25) is 24.1 Å². The molecule has 0 bridgehead atoms. The van der Waals surface area contributed by atoms with E-state index in [0.717, 1.165) is 0 Å². The molecule has 33 heavy (non-hydrogen) atoms. The average Bonchev–Trinajstić information content (AvgIpc) is 3.05. The van der Waals surface area contributed by atoms with Gasteiger partial charge in [0.15, 0.2) is 11.5 Å². The fourth-order valence-electron chi connectivity index (χ4n) is 3.52. The molecule has 0 saturated carbocycles. The van der Waals surface area contributed by atoms with Gasteiger partial charge in [-0.2, -0.15) is 0 Å². The number of fused-ring (bicyclic) bond motifs is 1. The number of hydrogen-bond donors (Lipinski definition) is 2. The van der Waals surface area contributed by atoms with Crippen LogP contribution in [-0.2, 0) is 0 Å². The normalized spacial score (nSPS) is 12.9. The molecule has 9 heteroatoms. The molecule has 1 heterocycles. The second-order valence-electron chi connectivity index (χ2n) is 8.46. The third kappa shape index (κ3) is 4.82. The van der Waals surface area contributed by atoms with Gasteiger partial charge < -0.3 is 20.1 Å². The lowest BCUT2D eigenvalue weighted by Gasteiger charge is -2.29. The van der Waals surface area contributed by atoms with E-state index in [1.807, 2.05) is 0 Å². The summed E-state index contributed by atoms with van der Waals surface area (Å²) in [5.41, 5.74) is 0.487. The summed E-state index contributed by atoms with van der Waals surface area (Å²) in [4.78, 5) is 51.3. The standard InChI is InChI=1S/C24H27N3O6/c1-24(2,3)27-22(30)16-8-6-14(12-17(16)23(27)31)20(28)25-10-11-26-21(29)15-7-9-18(32-4)19(13-15)33-5/h6-9,12-13H,10-11H2,1-5H3,(H,25,28)(H,26,29). The molecule has 0 aromatic heterocycles. The van der Waals surface area contributed by atoms with Crippen molar-refractivity contribution >= 4 is 23.6 Å². The molecule has 2 aromatic rings. The Kier molecular flexibility index (Phi) is 6.71. The first-order valence-electron chi connectivity index (χ1n) is 10.4. The summed E-state index contributed by atoms with van der Waals surface area (Å²) in [6.07, 6.45) is 0. The molecule has 174 valence electrons. The van der Waals surface area contributed by atoms with Crippen LogP contribution in [0.2, 0.25) is 0 Å². The number of carbonyl (C=O) groups is 4. The number of ether oxygens (including phenoxy) is 2. The van der Waals surface area contributed by atoms with Crippen molar-refractivity contribution in [3.05, 3.63) is 58.7 Å². The largest absolute Gasteiger partial charge is 0.493 e. The van der Waals surface area contributed by atoms with Crippen LogP contribution in [-0.4, -0.2) is 61.4 Å². The lowest BCUT2D eigenvalue weighted by Crippen LogP contribution is -2.45. The Bertz CT molecular complexity index is 1120. The molecule has 0 spiro atoms. The smallest absolute Gasteiger partial charge is 0.262 e. The maximum atomic E-state index is 12.7. The molecular weight excluding hydrogens is 426 g/mol. The molecule has 0 saturated heterocycles. The Hall–Kier alpha value is -3.88. The summed E-state index contributed by atoms with van der Waals surface area (Å²) in [5, 5.41) is 5.41. The first-order chi connectivity index (χ1) is 15.6. The van der Waals surface area contributed by atoms with Gasteiger partial charge in [-0.15, -0.1) is 0 Å². The Labute approximate surface area is 192 Å². The molecule has 1 aliphatic rings. The Morgan fingerprint density at radius 2 is 1.30 bits per heavy atom. The maximum Gasteiger partial charge on any atom is 0.262 e. The van der Waals surface area contributed by atoms with Crippen molar-refractivity contribution in [1.29, 1.82) is 0 Å². The highest BCUT2D eigenvalue weighted by molar-refractivity contribution is 6.22. The zero-order valence-corrected chi connectivity index (χ0v) is 19.3. The van der Waals surface area contributed by atoms with Gasteiger partial charge >= 0.3 is 0 Å². The molecule has 0 atom stereocenters. The molecule has 9 nitrogen and oxygen atoms in total. The highest BCUT2D eigenvalue weighted by atomic mass is 16.5. The number of imide groups is 1. The van der Waals surface area contributed by atoms with Crippen molar-refractivity contribution in [3.8, 4) is 11.5 Å². The van der Waals surface area contributed by atoms with E-state index in [0.29, 0.717) is 17.1 Å². The predicted molar refractivity (Wildman–Crippen MR) is 121 cm³/mol. The third-order valence-corrected chi connectivity index (χ3v) is 5.16. The summed E-state index contributed by atoms with van der Waals surface area (Å²) in [6, 6.07) is 9.24.